The highest BCUT2D eigenvalue weighted by Gasteiger charge is 2.42. The van der Waals surface area contributed by atoms with E-state index in [0.717, 1.165) is 38.4 Å². The standard InChI is InChI=1S/C19H27N3O2/c1-14-4-5-15(10-20-14)19(23)22-9-6-16-13-24-18(17(16)11-22)12-21-7-2-3-8-21/h4-5,10,16-18H,2-3,6-9,11-13H2,1H3/t16-,17-,18+/m1/s1. The van der Waals surface area contributed by atoms with Gasteiger partial charge in [-0.15, -0.1) is 0 Å². The Balaban J connectivity index is 1.42. The highest BCUT2D eigenvalue weighted by atomic mass is 16.5. The Labute approximate surface area is 144 Å². The van der Waals surface area contributed by atoms with Crippen molar-refractivity contribution in [2.24, 2.45) is 11.8 Å². The van der Waals surface area contributed by atoms with Crippen molar-refractivity contribution in [1.29, 1.82) is 0 Å². The Hall–Kier alpha value is -1.46. The summed E-state index contributed by atoms with van der Waals surface area (Å²) >= 11 is 0. The Kier molecular flexibility index (Phi) is 4.55. The Morgan fingerprint density at radius 3 is 2.88 bits per heavy atom. The van der Waals surface area contributed by atoms with Gasteiger partial charge in [0.05, 0.1) is 18.3 Å². The molecule has 1 aromatic rings. The lowest BCUT2D eigenvalue weighted by Crippen LogP contribution is -2.47. The minimum absolute atomic E-state index is 0.118. The largest absolute Gasteiger partial charge is 0.376 e. The molecular formula is C19H27N3O2. The maximum Gasteiger partial charge on any atom is 0.255 e. The molecule has 1 amide bonds. The monoisotopic (exact) mass is 329 g/mol. The summed E-state index contributed by atoms with van der Waals surface area (Å²) in [6.45, 7) is 7.93. The minimum atomic E-state index is 0.118. The molecule has 0 saturated carbocycles. The zero-order valence-corrected chi connectivity index (χ0v) is 14.5. The third-order valence-corrected chi connectivity index (χ3v) is 5.89. The molecule has 5 heteroatoms. The highest BCUT2D eigenvalue weighted by Crippen LogP contribution is 2.35. The fourth-order valence-corrected chi connectivity index (χ4v) is 4.40. The van der Waals surface area contributed by atoms with Gasteiger partial charge in [0.1, 0.15) is 0 Å². The fraction of sp³-hybridized carbons (Fsp3) is 0.684. The maximum atomic E-state index is 12.8. The average Bonchev–Trinajstić information content (AvgIpc) is 3.25. The molecule has 3 saturated heterocycles. The number of rotatable bonds is 3. The van der Waals surface area contributed by atoms with Crippen LogP contribution in [0.5, 0.6) is 0 Å². The average molecular weight is 329 g/mol. The summed E-state index contributed by atoms with van der Waals surface area (Å²) in [4.78, 5) is 21.6. The van der Waals surface area contributed by atoms with Gasteiger partial charge in [0.25, 0.3) is 5.91 Å². The van der Waals surface area contributed by atoms with Gasteiger partial charge in [0.15, 0.2) is 0 Å². The number of likely N-dealkylation sites (tertiary alicyclic amines) is 2. The molecule has 130 valence electrons. The van der Waals surface area contributed by atoms with E-state index in [9.17, 15) is 4.79 Å². The Morgan fingerprint density at radius 1 is 1.29 bits per heavy atom. The van der Waals surface area contributed by atoms with Crippen molar-refractivity contribution < 1.29 is 9.53 Å². The van der Waals surface area contributed by atoms with Crippen LogP contribution < -0.4 is 0 Å². The lowest BCUT2D eigenvalue weighted by Gasteiger charge is -2.36. The van der Waals surface area contributed by atoms with Gasteiger partial charge < -0.3 is 14.5 Å². The molecule has 3 fully saturated rings. The van der Waals surface area contributed by atoms with Crippen LogP contribution in [0.4, 0.5) is 0 Å². The second kappa shape index (κ2) is 6.81. The lowest BCUT2D eigenvalue weighted by molar-refractivity contribution is 0.0435. The zero-order chi connectivity index (χ0) is 16.5. The number of piperidine rings is 1. The molecule has 0 spiro atoms. The topological polar surface area (TPSA) is 45.7 Å². The first-order valence-corrected chi connectivity index (χ1v) is 9.26. The van der Waals surface area contributed by atoms with Crippen molar-refractivity contribution in [3.05, 3.63) is 29.6 Å². The van der Waals surface area contributed by atoms with Crippen molar-refractivity contribution >= 4 is 5.91 Å². The molecule has 0 aromatic carbocycles. The van der Waals surface area contributed by atoms with E-state index < -0.39 is 0 Å². The molecule has 24 heavy (non-hydrogen) atoms. The summed E-state index contributed by atoms with van der Waals surface area (Å²) in [6, 6.07) is 3.80. The molecular weight excluding hydrogens is 302 g/mol. The molecule has 3 aliphatic heterocycles. The van der Waals surface area contributed by atoms with Crippen molar-refractivity contribution in [2.45, 2.75) is 32.3 Å². The van der Waals surface area contributed by atoms with Crippen LogP contribution in [-0.2, 0) is 4.74 Å². The molecule has 0 aliphatic carbocycles. The van der Waals surface area contributed by atoms with E-state index in [0.29, 0.717) is 23.5 Å². The van der Waals surface area contributed by atoms with E-state index in [2.05, 4.69) is 9.88 Å². The van der Waals surface area contributed by atoms with Crippen molar-refractivity contribution in [3.8, 4) is 0 Å². The number of fused-ring (bicyclic) bond motifs is 1. The molecule has 4 rings (SSSR count). The van der Waals surface area contributed by atoms with Gasteiger partial charge in [-0.1, -0.05) is 0 Å². The van der Waals surface area contributed by atoms with E-state index in [1.54, 1.807) is 6.20 Å². The van der Waals surface area contributed by atoms with E-state index in [-0.39, 0.29) is 5.91 Å². The molecule has 0 bridgehead atoms. The third kappa shape index (κ3) is 3.20. The number of amides is 1. The second-order valence-corrected chi connectivity index (χ2v) is 7.53. The van der Waals surface area contributed by atoms with Gasteiger partial charge >= 0.3 is 0 Å². The van der Waals surface area contributed by atoms with Crippen molar-refractivity contribution in [3.63, 3.8) is 0 Å². The summed E-state index contributed by atoms with van der Waals surface area (Å²) in [6.07, 6.45) is 5.68. The van der Waals surface area contributed by atoms with Gasteiger partial charge in [-0.25, -0.2) is 0 Å². The molecule has 3 aliphatic rings. The van der Waals surface area contributed by atoms with Gasteiger partial charge in [-0.3, -0.25) is 9.78 Å². The summed E-state index contributed by atoms with van der Waals surface area (Å²) in [5.41, 5.74) is 1.65. The Morgan fingerprint density at radius 2 is 2.12 bits per heavy atom. The smallest absolute Gasteiger partial charge is 0.255 e. The van der Waals surface area contributed by atoms with E-state index in [1.807, 2.05) is 24.0 Å². The molecule has 5 nitrogen and oxygen atoms in total. The van der Waals surface area contributed by atoms with E-state index in [4.69, 9.17) is 4.74 Å². The van der Waals surface area contributed by atoms with Crippen LogP contribution in [0.2, 0.25) is 0 Å². The van der Waals surface area contributed by atoms with Crippen LogP contribution in [-0.4, -0.2) is 66.1 Å². The number of aromatic nitrogens is 1. The van der Waals surface area contributed by atoms with Crippen LogP contribution in [0.25, 0.3) is 0 Å². The first-order valence-electron chi connectivity index (χ1n) is 9.26. The van der Waals surface area contributed by atoms with Crippen molar-refractivity contribution in [1.82, 2.24) is 14.8 Å². The molecule has 0 N–H and O–H groups in total. The summed E-state index contributed by atoms with van der Waals surface area (Å²) in [5, 5.41) is 0. The highest BCUT2D eigenvalue weighted by molar-refractivity contribution is 5.94. The van der Waals surface area contributed by atoms with Crippen molar-refractivity contribution in [2.75, 3.05) is 39.3 Å². The van der Waals surface area contributed by atoms with Crippen LogP contribution >= 0.6 is 0 Å². The zero-order valence-electron chi connectivity index (χ0n) is 14.5. The maximum absolute atomic E-state index is 12.8. The number of carbonyl (C=O) groups is 1. The number of hydrogen-bond acceptors (Lipinski definition) is 4. The summed E-state index contributed by atoms with van der Waals surface area (Å²) < 4.78 is 6.12. The van der Waals surface area contributed by atoms with Gasteiger partial charge in [0, 0.05) is 37.4 Å². The number of hydrogen-bond donors (Lipinski definition) is 0. The SMILES string of the molecule is Cc1ccc(C(=O)N2CC[C@@H]3CO[C@@H](CN4CCCC4)[C@@H]3C2)cn1. The molecule has 0 radical (unpaired) electrons. The first kappa shape index (κ1) is 16.0. The second-order valence-electron chi connectivity index (χ2n) is 7.53. The van der Waals surface area contributed by atoms with Gasteiger partial charge in [-0.05, 0) is 57.3 Å². The van der Waals surface area contributed by atoms with Crippen LogP contribution in [0, 0.1) is 18.8 Å². The predicted octanol–water partition coefficient (Wildman–Crippen LogP) is 1.96. The third-order valence-electron chi connectivity index (χ3n) is 5.89. The number of carbonyl (C=O) groups excluding carboxylic acids is 1. The van der Waals surface area contributed by atoms with Crippen LogP contribution in [0.1, 0.15) is 35.3 Å². The van der Waals surface area contributed by atoms with E-state index in [1.165, 1.54) is 25.9 Å². The van der Waals surface area contributed by atoms with Crippen LogP contribution in [0.3, 0.4) is 0 Å². The molecule has 0 unspecified atom stereocenters. The molecule has 3 atom stereocenters. The Bertz CT molecular complexity index is 583. The quantitative estimate of drug-likeness (QED) is 0.850. The van der Waals surface area contributed by atoms with Gasteiger partial charge in [-0.2, -0.15) is 0 Å². The van der Waals surface area contributed by atoms with E-state index >= 15 is 0 Å². The van der Waals surface area contributed by atoms with Gasteiger partial charge in [0.2, 0.25) is 0 Å². The van der Waals surface area contributed by atoms with Crippen LogP contribution in [0.15, 0.2) is 18.3 Å². The predicted molar refractivity (Wildman–Crippen MR) is 91.9 cm³/mol. The number of nitrogens with zero attached hydrogens (tertiary/aromatic N) is 3. The summed E-state index contributed by atoms with van der Waals surface area (Å²) in [5.74, 6) is 1.23. The fourth-order valence-electron chi connectivity index (χ4n) is 4.40. The lowest BCUT2D eigenvalue weighted by atomic mass is 9.84. The minimum Gasteiger partial charge on any atom is -0.376 e. The number of pyridine rings is 1. The summed E-state index contributed by atoms with van der Waals surface area (Å²) in [7, 11) is 0. The number of aryl methyl sites for hydroxylation is 1. The molecule has 4 heterocycles. The first-order chi connectivity index (χ1) is 11.7. The normalized spacial score (nSPS) is 30.5. The molecule has 1 aromatic heterocycles. The number of ether oxygens (including phenoxy) is 1.